The van der Waals surface area contributed by atoms with Crippen LogP contribution >= 0.6 is 11.6 Å². The minimum absolute atomic E-state index is 0.137. The summed E-state index contributed by atoms with van der Waals surface area (Å²) in [4.78, 5) is 21.0. The molecule has 0 saturated carbocycles. The van der Waals surface area contributed by atoms with Gasteiger partial charge in [0.2, 0.25) is 5.89 Å². The maximum Gasteiger partial charge on any atom is 0.261 e. The summed E-state index contributed by atoms with van der Waals surface area (Å²) in [5.74, 6) is 1.83. The molecule has 0 aliphatic rings. The van der Waals surface area contributed by atoms with Gasteiger partial charge in [0, 0.05) is 0 Å². The van der Waals surface area contributed by atoms with E-state index in [0.717, 1.165) is 0 Å². The van der Waals surface area contributed by atoms with Crippen LogP contribution in [0.15, 0.2) is 39.7 Å². The van der Waals surface area contributed by atoms with Gasteiger partial charge in [0.1, 0.15) is 18.1 Å². The molecule has 2 heterocycles. The summed E-state index contributed by atoms with van der Waals surface area (Å²) in [6.07, 6.45) is 1.62. The first kappa shape index (κ1) is 12.9. The summed E-state index contributed by atoms with van der Waals surface area (Å²) >= 11 is 5.90. The van der Waals surface area contributed by atoms with Crippen LogP contribution < -0.4 is 5.56 Å². The Hall–Kier alpha value is -2.14. The lowest BCUT2D eigenvalue weighted by Gasteiger charge is -2.09. The van der Waals surface area contributed by atoms with Crippen LogP contribution in [0, 0.1) is 6.92 Å². The quantitative estimate of drug-likeness (QED) is 0.695. The molecule has 0 fully saturated rings. The standard InChI is InChI=1S/C14H12ClN3O2/c1-9-7-16-13(20-9)8-18-12(6-15)17-11-5-3-2-4-10(11)14(18)19/h2-5,7H,6,8H2,1H3. The largest absolute Gasteiger partial charge is 0.444 e. The van der Waals surface area contributed by atoms with Gasteiger partial charge in [-0.15, -0.1) is 11.6 Å². The van der Waals surface area contributed by atoms with Crippen LogP contribution in [0.5, 0.6) is 0 Å². The number of rotatable bonds is 3. The van der Waals surface area contributed by atoms with Gasteiger partial charge < -0.3 is 4.42 Å². The first-order valence-corrected chi connectivity index (χ1v) is 6.68. The van der Waals surface area contributed by atoms with Gasteiger partial charge in [0.15, 0.2) is 0 Å². The molecular formula is C14H12ClN3O2. The van der Waals surface area contributed by atoms with Crippen molar-refractivity contribution in [3.05, 3.63) is 58.3 Å². The number of aromatic nitrogens is 3. The summed E-state index contributed by atoms with van der Waals surface area (Å²) in [6.45, 7) is 2.03. The van der Waals surface area contributed by atoms with Gasteiger partial charge >= 0.3 is 0 Å². The van der Waals surface area contributed by atoms with E-state index in [-0.39, 0.29) is 18.0 Å². The molecule has 0 N–H and O–H groups in total. The fourth-order valence-corrected chi connectivity index (χ4v) is 2.29. The third kappa shape index (κ3) is 2.20. The lowest BCUT2D eigenvalue weighted by molar-refractivity contribution is 0.450. The van der Waals surface area contributed by atoms with Crippen LogP contribution in [-0.4, -0.2) is 14.5 Å². The number of aryl methyl sites for hydroxylation is 1. The maximum atomic E-state index is 12.5. The molecule has 0 atom stereocenters. The molecule has 0 amide bonds. The maximum absolute atomic E-state index is 12.5. The van der Waals surface area contributed by atoms with Gasteiger partial charge in [-0.2, -0.15) is 0 Å². The minimum atomic E-state index is -0.137. The normalized spacial score (nSPS) is 11.1. The third-order valence-corrected chi connectivity index (χ3v) is 3.26. The highest BCUT2D eigenvalue weighted by atomic mass is 35.5. The lowest BCUT2D eigenvalue weighted by atomic mass is 10.2. The summed E-state index contributed by atoms with van der Waals surface area (Å²) in [7, 11) is 0. The van der Waals surface area contributed by atoms with E-state index < -0.39 is 0 Å². The second-order valence-electron chi connectivity index (χ2n) is 4.43. The first-order valence-electron chi connectivity index (χ1n) is 6.15. The Kier molecular flexibility index (Phi) is 3.28. The molecule has 6 heteroatoms. The molecule has 5 nitrogen and oxygen atoms in total. The van der Waals surface area contributed by atoms with Crippen LogP contribution in [0.25, 0.3) is 10.9 Å². The topological polar surface area (TPSA) is 60.9 Å². The monoisotopic (exact) mass is 289 g/mol. The molecule has 0 saturated heterocycles. The number of halogens is 1. The van der Waals surface area contributed by atoms with Crippen molar-refractivity contribution in [2.75, 3.05) is 0 Å². The van der Waals surface area contributed by atoms with Crippen molar-refractivity contribution in [3.63, 3.8) is 0 Å². The summed E-state index contributed by atoms with van der Waals surface area (Å²) in [5, 5.41) is 0.560. The van der Waals surface area contributed by atoms with E-state index in [2.05, 4.69) is 9.97 Å². The average molecular weight is 290 g/mol. The Balaban J connectivity index is 2.18. The zero-order valence-corrected chi connectivity index (χ0v) is 11.6. The molecule has 0 aliphatic carbocycles. The lowest BCUT2D eigenvalue weighted by Crippen LogP contribution is -2.25. The molecule has 3 aromatic rings. The Labute approximate surface area is 119 Å². The highest BCUT2D eigenvalue weighted by molar-refractivity contribution is 6.16. The molecule has 102 valence electrons. The number of para-hydroxylation sites is 1. The highest BCUT2D eigenvalue weighted by Crippen LogP contribution is 2.11. The number of hydrogen-bond acceptors (Lipinski definition) is 4. The van der Waals surface area contributed by atoms with Crippen molar-refractivity contribution in [1.29, 1.82) is 0 Å². The smallest absolute Gasteiger partial charge is 0.261 e. The van der Waals surface area contributed by atoms with E-state index in [1.165, 1.54) is 4.57 Å². The third-order valence-electron chi connectivity index (χ3n) is 3.02. The zero-order chi connectivity index (χ0) is 14.1. The summed E-state index contributed by atoms with van der Waals surface area (Å²) in [6, 6.07) is 7.20. The van der Waals surface area contributed by atoms with Gasteiger partial charge in [-0.1, -0.05) is 12.1 Å². The molecule has 0 bridgehead atoms. The van der Waals surface area contributed by atoms with Crippen LogP contribution in [-0.2, 0) is 12.4 Å². The Morgan fingerprint density at radius 1 is 1.35 bits per heavy atom. The fourth-order valence-electron chi connectivity index (χ4n) is 2.09. The SMILES string of the molecule is Cc1cnc(Cn2c(CCl)nc3ccccc3c2=O)o1. The number of nitrogens with zero attached hydrogens (tertiary/aromatic N) is 3. The van der Waals surface area contributed by atoms with Gasteiger partial charge in [-0.05, 0) is 19.1 Å². The van der Waals surface area contributed by atoms with Crippen LogP contribution in [0.1, 0.15) is 17.5 Å². The van der Waals surface area contributed by atoms with E-state index in [1.54, 1.807) is 25.3 Å². The van der Waals surface area contributed by atoms with Crippen molar-refractivity contribution in [1.82, 2.24) is 14.5 Å². The number of hydrogen-bond donors (Lipinski definition) is 0. The van der Waals surface area contributed by atoms with Crippen molar-refractivity contribution in [3.8, 4) is 0 Å². The molecule has 0 aliphatic heterocycles. The highest BCUT2D eigenvalue weighted by Gasteiger charge is 2.12. The number of alkyl halides is 1. The molecule has 0 spiro atoms. The van der Waals surface area contributed by atoms with E-state index in [4.69, 9.17) is 16.0 Å². The number of benzene rings is 1. The van der Waals surface area contributed by atoms with Crippen LogP contribution in [0.3, 0.4) is 0 Å². The van der Waals surface area contributed by atoms with Crippen molar-refractivity contribution >= 4 is 22.5 Å². The predicted molar refractivity (Wildman–Crippen MR) is 75.9 cm³/mol. The van der Waals surface area contributed by atoms with E-state index in [1.807, 2.05) is 12.1 Å². The molecule has 0 unspecified atom stereocenters. The van der Waals surface area contributed by atoms with Gasteiger partial charge in [-0.25, -0.2) is 9.97 Å². The first-order chi connectivity index (χ1) is 9.69. The van der Waals surface area contributed by atoms with Crippen molar-refractivity contribution < 1.29 is 4.42 Å². The second-order valence-corrected chi connectivity index (χ2v) is 4.70. The minimum Gasteiger partial charge on any atom is -0.444 e. The van der Waals surface area contributed by atoms with E-state index >= 15 is 0 Å². The molecule has 20 heavy (non-hydrogen) atoms. The van der Waals surface area contributed by atoms with Crippen LogP contribution in [0.2, 0.25) is 0 Å². The van der Waals surface area contributed by atoms with Gasteiger partial charge in [-0.3, -0.25) is 9.36 Å². The van der Waals surface area contributed by atoms with Crippen molar-refractivity contribution in [2.45, 2.75) is 19.3 Å². The van der Waals surface area contributed by atoms with E-state index in [9.17, 15) is 4.79 Å². The Bertz CT molecular complexity index is 823. The second kappa shape index (κ2) is 5.09. The van der Waals surface area contributed by atoms with E-state index in [0.29, 0.717) is 28.4 Å². The molecular weight excluding hydrogens is 278 g/mol. The van der Waals surface area contributed by atoms with Crippen LogP contribution in [0.4, 0.5) is 0 Å². The van der Waals surface area contributed by atoms with Gasteiger partial charge in [0.05, 0.1) is 23.0 Å². The molecule has 1 aromatic carbocycles. The van der Waals surface area contributed by atoms with Gasteiger partial charge in [0.25, 0.3) is 5.56 Å². The fraction of sp³-hybridized carbons (Fsp3) is 0.214. The number of oxazole rings is 1. The molecule has 2 aromatic heterocycles. The molecule has 0 radical (unpaired) electrons. The number of fused-ring (bicyclic) bond motifs is 1. The average Bonchev–Trinajstić information content (AvgIpc) is 2.87. The zero-order valence-electron chi connectivity index (χ0n) is 10.8. The predicted octanol–water partition coefficient (Wildman–Crippen LogP) is 2.48. The molecule has 3 rings (SSSR count). The summed E-state index contributed by atoms with van der Waals surface area (Å²) in [5.41, 5.74) is 0.509. The Morgan fingerprint density at radius 3 is 2.85 bits per heavy atom. The summed E-state index contributed by atoms with van der Waals surface area (Å²) < 4.78 is 6.91. The van der Waals surface area contributed by atoms with Crippen molar-refractivity contribution in [2.24, 2.45) is 0 Å². The Morgan fingerprint density at radius 2 is 2.15 bits per heavy atom.